The van der Waals surface area contributed by atoms with Crippen LogP contribution in [0.25, 0.3) is 44.3 Å². The first-order valence-corrected chi connectivity index (χ1v) is 10.2. The van der Waals surface area contributed by atoms with Gasteiger partial charge in [0.05, 0.1) is 23.8 Å². The number of H-pyrrole nitrogens is 1. The Morgan fingerprint density at radius 1 is 1.00 bits per heavy atom. The van der Waals surface area contributed by atoms with Crippen molar-refractivity contribution in [2.24, 2.45) is 0 Å². The van der Waals surface area contributed by atoms with Crippen molar-refractivity contribution in [3.63, 3.8) is 0 Å². The zero-order chi connectivity index (χ0) is 23.1. The summed E-state index contributed by atoms with van der Waals surface area (Å²) in [5.41, 5.74) is 4.27. The van der Waals surface area contributed by atoms with Gasteiger partial charge < -0.3 is 19.5 Å². The predicted molar refractivity (Wildman–Crippen MR) is 124 cm³/mol. The molecule has 0 aliphatic heterocycles. The maximum absolute atomic E-state index is 13.5. The summed E-state index contributed by atoms with van der Waals surface area (Å²) in [6, 6.07) is 16.6. The minimum absolute atomic E-state index is 0.322. The Balaban J connectivity index is 1.83. The van der Waals surface area contributed by atoms with Gasteiger partial charge in [0.2, 0.25) is 0 Å². The molecule has 0 atom stereocenters. The number of hydrogen-bond donors (Lipinski definition) is 2. The third kappa shape index (κ3) is 3.34. The number of carbonyl (C=O) groups excluding carboxylic acids is 2. The third-order valence-corrected chi connectivity index (χ3v) is 5.65. The van der Waals surface area contributed by atoms with Crippen LogP contribution < -0.4 is 5.32 Å². The van der Waals surface area contributed by atoms with E-state index >= 15 is 0 Å². The van der Waals surface area contributed by atoms with Gasteiger partial charge in [-0.2, -0.15) is 0 Å². The minimum atomic E-state index is -0.436. The van der Waals surface area contributed by atoms with E-state index in [0.29, 0.717) is 33.4 Å². The second-order valence-electron chi connectivity index (χ2n) is 7.53. The van der Waals surface area contributed by atoms with Gasteiger partial charge in [0.1, 0.15) is 17.2 Å². The molecule has 5 aromatic rings. The standard InChI is InChI=1S/C26H19FN2O4/c1-28-25(30)21-20-13-19(15-4-3-5-16(12-15)26(31)32-2)22-18(10-11-29-22)24(20)33-23(21)14-6-8-17(27)9-7-14/h3-13,29H,1-2H3,(H,28,30). The number of fused-ring (bicyclic) bond motifs is 3. The van der Waals surface area contributed by atoms with Crippen LogP contribution in [0.4, 0.5) is 4.39 Å². The van der Waals surface area contributed by atoms with Gasteiger partial charge in [-0.1, -0.05) is 12.1 Å². The summed E-state index contributed by atoms with van der Waals surface area (Å²) in [5.74, 6) is -0.782. The zero-order valence-corrected chi connectivity index (χ0v) is 17.9. The molecular formula is C26H19FN2O4. The van der Waals surface area contributed by atoms with Crippen LogP contribution in [-0.2, 0) is 4.74 Å². The number of nitrogens with one attached hydrogen (secondary N) is 2. The molecular weight excluding hydrogens is 423 g/mol. The van der Waals surface area contributed by atoms with Crippen molar-refractivity contribution in [1.29, 1.82) is 0 Å². The molecule has 0 aliphatic carbocycles. The second-order valence-corrected chi connectivity index (χ2v) is 7.53. The fourth-order valence-corrected chi connectivity index (χ4v) is 4.09. The van der Waals surface area contributed by atoms with Crippen molar-refractivity contribution in [2.45, 2.75) is 0 Å². The van der Waals surface area contributed by atoms with E-state index < -0.39 is 5.97 Å². The number of halogens is 1. The first-order valence-electron chi connectivity index (χ1n) is 10.2. The topological polar surface area (TPSA) is 84.3 Å². The second kappa shape index (κ2) is 7.94. The van der Waals surface area contributed by atoms with Crippen LogP contribution in [0.15, 0.2) is 71.3 Å². The smallest absolute Gasteiger partial charge is 0.337 e. The molecule has 0 aliphatic rings. The van der Waals surface area contributed by atoms with Crippen LogP contribution in [0.1, 0.15) is 20.7 Å². The van der Waals surface area contributed by atoms with E-state index in [0.717, 1.165) is 22.0 Å². The maximum Gasteiger partial charge on any atom is 0.337 e. The summed E-state index contributed by atoms with van der Waals surface area (Å²) in [7, 11) is 2.88. The summed E-state index contributed by atoms with van der Waals surface area (Å²) in [6.45, 7) is 0. The van der Waals surface area contributed by atoms with E-state index in [4.69, 9.17) is 9.15 Å². The summed E-state index contributed by atoms with van der Waals surface area (Å²) in [4.78, 5) is 28.2. The number of aromatic amines is 1. The molecule has 2 heterocycles. The Morgan fingerprint density at radius 2 is 1.79 bits per heavy atom. The Hall–Kier alpha value is -4.39. The third-order valence-electron chi connectivity index (χ3n) is 5.65. The van der Waals surface area contributed by atoms with Gasteiger partial charge >= 0.3 is 5.97 Å². The fraction of sp³-hybridized carbons (Fsp3) is 0.0769. The highest BCUT2D eigenvalue weighted by Crippen LogP contribution is 2.41. The van der Waals surface area contributed by atoms with Gasteiger partial charge in [-0.05, 0) is 54.1 Å². The summed E-state index contributed by atoms with van der Waals surface area (Å²) in [6.07, 6.45) is 1.79. The van der Waals surface area contributed by atoms with Crippen molar-refractivity contribution in [2.75, 3.05) is 14.2 Å². The van der Waals surface area contributed by atoms with Crippen LogP contribution in [0.5, 0.6) is 0 Å². The molecule has 164 valence electrons. The molecule has 0 spiro atoms. The largest absolute Gasteiger partial charge is 0.465 e. The first-order chi connectivity index (χ1) is 16.0. The lowest BCUT2D eigenvalue weighted by Crippen LogP contribution is -2.18. The number of aromatic nitrogens is 1. The Labute approximate surface area is 188 Å². The van der Waals surface area contributed by atoms with Crippen LogP contribution in [-0.4, -0.2) is 31.0 Å². The fourth-order valence-electron chi connectivity index (χ4n) is 4.09. The number of rotatable bonds is 4. The van der Waals surface area contributed by atoms with E-state index in [1.165, 1.54) is 19.2 Å². The van der Waals surface area contributed by atoms with Gasteiger partial charge in [0.25, 0.3) is 5.91 Å². The SMILES string of the molecule is CNC(=O)c1c(-c2ccc(F)cc2)oc2c1cc(-c1cccc(C(=O)OC)c1)c1[nH]ccc12. The molecule has 33 heavy (non-hydrogen) atoms. The van der Waals surface area contributed by atoms with Gasteiger partial charge in [0, 0.05) is 35.1 Å². The van der Waals surface area contributed by atoms with E-state index in [1.807, 2.05) is 18.2 Å². The normalized spacial score (nSPS) is 11.1. The molecule has 6 nitrogen and oxygen atoms in total. The predicted octanol–water partition coefficient (Wildman–Crippen LogP) is 5.53. The number of methoxy groups -OCH3 is 1. The molecule has 5 rings (SSSR count). The van der Waals surface area contributed by atoms with Crippen LogP contribution in [0.3, 0.4) is 0 Å². The zero-order valence-electron chi connectivity index (χ0n) is 17.9. The lowest BCUT2D eigenvalue weighted by atomic mass is 9.96. The first kappa shape index (κ1) is 20.5. The molecule has 1 amide bonds. The monoisotopic (exact) mass is 442 g/mol. The summed E-state index contributed by atoms with van der Waals surface area (Å²) < 4.78 is 24.6. The molecule has 0 unspecified atom stereocenters. The van der Waals surface area contributed by atoms with Gasteiger partial charge in [-0.15, -0.1) is 0 Å². The van der Waals surface area contributed by atoms with Crippen molar-refractivity contribution < 1.29 is 23.1 Å². The highest BCUT2D eigenvalue weighted by atomic mass is 19.1. The molecule has 2 N–H and O–H groups in total. The van der Waals surface area contributed by atoms with Crippen LogP contribution in [0.2, 0.25) is 0 Å². The average molecular weight is 442 g/mol. The summed E-state index contributed by atoms with van der Waals surface area (Å²) in [5, 5.41) is 4.06. The van der Waals surface area contributed by atoms with Crippen molar-refractivity contribution >= 4 is 33.7 Å². The Kier molecular flexibility index (Phi) is 4.94. The number of furan rings is 1. The highest BCUT2D eigenvalue weighted by molar-refractivity contribution is 6.19. The van der Waals surface area contributed by atoms with Gasteiger partial charge in [-0.25, -0.2) is 9.18 Å². The molecule has 0 saturated heterocycles. The van der Waals surface area contributed by atoms with Crippen LogP contribution in [0, 0.1) is 5.82 Å². The molecule has 0 bridgehead atoms. The number of carbonyl (C=O) groups is 2. The van der Waals surface area contributed by atoms with E-state index in [9.17, 15) is 14.0 Å². The van der Waals surface area contributed by atoms with Crippen molar-refractivity contribution in [1.82, 2.24) is 10.3 Å². The quantitative estimate of drug-likeness (QED) is 0.358. The summed E-state index contributed by atoms with van der Waals surface area (Å²) >= 11 is 0. The molecule has 2 aromatic heterocycles. The van der Waals surface area contributed by atoms with Crippen molar-refractivity contribution in [3.05, 3.63) is 83.8 Å². The Morgan fingerprint density at radius 3 is 2.52 bits per heavy atom. The van der Waals surface area contributed by atoms with E-state index in [2.05, 4.69) is 10.3 Å². The molecule has 7 heteroatoms. The number of benzene rings is 3. The van der Waals surface area contributed by atoms with E-state index in [1.54, 1.807) is 43.6 Å². The van der Waals surface area contributed by atoms with Crippen LogP contribution >= 0.6 is 0 Å². The van der Waals surface area contributed by atoms with Gasteiger partial charge in [-0.3, -0.25) is 4.79 Å². The van der Waals surface area contributed by atoms with Gasteiger partial charge in [0.15, 0.2) is 0 Å². The molecule has 0 radical (unpaired) electrons. The van der Waals surface area contributed by atoms with E-state index in [-0.39, 0.29) is 11.7 Å². The molecule has 0 saturated carbocycles. The number of amides is 1. The number of hydrogen-bond acceptors (Lipinski definition) is 4. The lowest BCUT2D eigenvalue weighted by Gasteiger charge is -2.08. The Bertz CT molecular complexity index is 1530. The average Bonchev–Trinajstić information content (AvgIpc) is 3.48. The minimum Gasteiger partial charge on any atom is -0.465 e. The van der Waals surface area contributed by atoms with Crippen molar-refractivity contribution in [3.8, 4) is 22.5 Å². The maximum atomic E-state index is 13.5. The molecule has 3 aromatic carbocycles. The number of esters is 1. The number of ether oxygens (including phenoxy) is 1. The lowest BCUT2D eigenvalue weighted by molar-refractivity contribution is 0.0600. The highest BCUT2D eigenvalue weighted by Gasteiger charge is 2.25. The molecule has 0 fully saturated rings.